The molecule has 0 aliphatic heterocycles. The van der Waals surface area contributed by atoms with Gasteiger partial charge in [-0.15, -0.1) is 11.3 Å². The largest absolute Gasteiger partial charge is 0.293 e. The van der Waals surface area contributed by atoms with Crippen molar-refractivity contribution in [2.24, 2.45) is 0 Å². The van der Waals surface area contributed by atoms with Gasteiger partial charge in [-0.3, -0.25) is 4.79 Å². The van der Waals surface area contributed by atoms with E-state index in [1.807, 2.05) is 26.0 Å². The highest BCUT2D eigenvalue weighted by atomic mass is 32.1. The van der Waals surface area contributed by atoms with Crippen molar-refractivity contribution in [1.29, 1.82) is 0 Å². The van der Waals surface area contributed by atoms with Gasteiger partial charge in [-0.25, -0.2) is 0 Å². The molecule has 0 fully saturated rings. The molecular formula is C10H12OS. The minimum Gasteiger partial charge on any atom is -0.293 e. The minimum atomic E-state index is 0.181. The van der Waals surface area contributed by atoms with Crippen molar-refractivity contribution in [3.05, 3.63) is 34.0 Å². The second-order valence-electron chi connectivity index (χ2n) is 2.97. The van der Waals surface area contributed by atoms with Crippen molar-refractivity contribution in [2.75, 3.05) is 0 Å². The molecule has 0 aliphatic carbocycles. The van der Waals surface area contributed by atoms with E-state index >= 15 is 0 Å². The lowest BCUT2D eigenvalue weighted by atomic mass is 10.1. The molecule has 0 unspecified atom stereocenters. The van der Waals surface area contributed by atoms with Gasteiger partial charge in [0.15, 0.2) is 5.78 Å². The van der Waals surface area contributed by atoms with Crippen molar-refractivity contribution in [3.8, 4) is 0 Å². The molecule has 1 aromatic rings. The first-order chi connectivity index (χ1) is 5.59. The maximum absolute atomic E-state index is 11.4. The Hall–Kier alpha value is -0.890. The van der Waals surface area contributed by atoms with Crippen LogP contribution in [0, 0.1) is 6.92 Å². The fourth-order valence-corrected chi connectivity index (χ4v) is 1.75. The summed E-state index contributed by atoms with van der Waals surface area (Å²) in [4.78, 5) is 13.4. The van der Waals surface area contributed by atoms with Gasteiger partial charge in [0.2, 0.25) is 0 Å². The van der Waals surface area contributed by atoms with Crippen LogP contribution in [-0.4, -0.2) is 5.78 Å². The number of allylic oxidation sites excluding steroid dienone is 1. The Labute approximate surface area is 76.7 Å². The van der Waals surface area contributed by atoms with Gasteiger partial charge in [0.25, 0.3) is 0 Å². The van der Waals surface area contributed by atoms with E-state index in [-0.39, 0.29) is 5.78 Å². The van der Waals surface area contributed by atoms with Gasteiger partial charge in [-0.1, -0.05) is 12.2 Å². The lowest BCUT2D eigenvalue weighted by Crippen LogP contribution is -1.95. The van der Waals surface area contributed by atoms with Gasteiger partial charge in [-0.05, 0) is 26.0 Å². The second kappa shape index (κ2) is 3.68. The van der Waals surface area contributed by atoms with Gasteiger partial charge < -0.3 is 0 Å². The van der Waals surface area contributed by atoms with Crippen molar-refractivity contribution in [3.63, 3.8) is 0 Å². The Kier molecular flexibility index (Phi) is 2.82. The molecule has 1 nitrogen and oxygen atoms in total. The first-order valence-electron chi connectivity index (χ1n) is 3.83. The summed E-state index contributed by atoms with van der Waals surface area (Å²) >= 11 is 1.55. The van der Waals surface area contributed by atoms with Crippen LogP contribution >= 0.6 is 11.3 Å². The molecule has 0 bridgehead atoms. The highest BCUT2D eigenvalue weighted by Gasteiger charge is 2.07. The number of carbonyl (C=O) groups excluding carboxylic acids is 1. The zero-order valence-electron chi connectivity index (χ0n) is 7.39. The van der Waals surface area contributed by atoms with E-state index in [9.17, 15) is 4.79 Å². The quantitative estimate of drug-likeness (QED) is 0.515. The topological polar surface area (TPSA) is 17.1 Å². The second-order valence-corrected chi connectivity index (χ2v) is 4.26. The fourth-order valence-electron chi connectivity index (χ4n) is 0.946. The van der Waals surface area contributed by atoms with E-state index < -0.39 is 0 Å². The number of aryl methyl sites for hydroxylation is 1. The van der Waals surface area contributed by atoms with E-state index in [2.05, 4.69) is 6.58 Å². The van der Waals surface area contributed by atoms with Crippen LogP contribution < -0.4 is 0 Å². The summed E-state index contributed by atoms with van der Waals surface area (Å²) in [6, 6.07) is 3.85. The van der Waals surface area contributed by atoms with Crippen LogP contribution in [0.4, 0.5) is 0 Å². The molecule has 0 spiro atoms. The molecule has 12 heavy (non-hydrogen) atoms. The third-order valence-corrected chi connectivity index (χ3v) is 2.52. The molecule has 0 aliphatic rings. The van der Waals surface area contributed by atoms with Crippen LogP contribution in [0.15, 0.2) is 24.3 Å². The Balaban J connectivity index is 2.72. The molecular weight excluding hydrogens is 168 g/mol. The normalized spacial score (nSPS) is 9.83. The summed E-state index contributed by atoms with van der Waals surface area (Å²) in [6.07, 6.45) is 0.472. The number of hydrogen-bond donors (Lipinski definition) is 0. The summed E-state index contributed by atoms with van der Waals surface area (Å²) < 4.78 is 0. The molecule has 0 aromatic carbocycles. The summed E-state index contributed by atoms with van der Waals surface area (Å²) in [7, 11) is 0. The molecule has 1 rings (SSSR count). The Morgan fingerprint density at radius 3 is 2.67 bits per heavy atom. The van der Waals surface area contributed by atoms with Crippen LogP contribution in [-0.2, 0) is 0 Å². The molecule has 0 saturated heterocycles. The SMILES string of the molecule is C=C(C)CC(=O)c1ccc(C)s1. The lowest BCUT2D eigenvalue weighted by Gasteiger charge is -1.94. The van der Waals surface area contributed by atoms with E-state index in [4.69, 9.17) is 0 Å². The van der Waals surface area contributed by atoms with Crippen LogP contribution in [0.25, 0.3) is 0 Å². The zero-order valence-corrected chi connectivity index (χ0v) is 8.20. The van der Waals surface area contributed by atoms with Crippen LogP contribution in [0.1, 0.15) is 27.9 Å². The fraction of sp³-hybridized carbons (Fsp3) is 0.300. The van der Waals surface area contributed by atoms with E-state index in [1.165, 1.54) is 4.88 Å². The molecule has 64 valence electrons. The molecule has 0 radical (unpaired) electrons. The molecule has 0 saturated carbocycles. The molecule has 0 atom stereocenters. The predicted octanol–water partition coefficient (Wildman–Crippen LogP) is 3.21. The maximum atomic E-state index is 11.4. The van der Waals surface area contributed by atoms with Crippen LogP contribution in [0.2, 0.25) is 0 Å². The molecule has 0 amide bonds. The van der Waals surface area contributed by atoms with Crippen molar-refractivity contribution in [1.82, 2.24) is 0 Å². The molecule has 1 heterocycles. The van der Waals surface area contributed by atoms with E-state index in [0.29, 0.717) is 6.42 Å². The van der Waals surface area contributed by atoms with Gasteiger partial charge in [0.1, 0.15) is 0 Å². The number of rotatable bonds is 3. The smallest absolute Gasteiger partial charge is 0.176 e. The summed E-state index contributed by atoms with van der Waals surface area (Å²) in [6.45, 7) is 7.59. The molecule has 1 aromatic heterocycles. The van der Waals surface area contributed by atoms with Crippen molar-refractivity contribution < 1.29 is 4.79 Å². The van der Waals surface area contributed by atoms with Crippen molar-refractivity contribution in [2.45, 2.75) is 20.3 Å². The predicted molar refractivity (Wildman–Crippen MR) is 52.8 cm³/mol. The Morgan fingerprint density at radius 2 is 2.25 bits per heavy atom. The number of hydrogen-bond acceptors (Lipinski definition) is 2. The van der Waals surface area contributed by atoms with Gasteiger partial charge in [0.05, 0.1) is 4.88 Å². The molecule has 2 heteroatoms. The van der Waals surface area contributed by atoms with E-state index in [1.54, 1.807) is 11.3 Å². The first kappa shape index (κ1) is 9.20. The number of Topliss-reactive ketones (excluding diaryl/α,β-unsaturated/α-hetero) is 1. The van der Waals surface area contributed by atoms with Gasteiger partial charge >= 0.3 is 0 Å². The Morgan fingerprint density at radius 1 is 1.58 bits per heavy atom. The average molecular weight is 180 g/mol. The summed E-state index contributed by atoms with van der Waals surface area (Å²) in [5.74, 6) is 0.181. The van der Waals surface area contributed by atoms with Gasteiger partial charge in [0, 0.05) is 11.3 Å². The number of thiophene rings is 1. The highest BCUT2D eigenvalue weighted by Crippen LogP contribution is 2.17. The standard InChI is InChI=1S/C10H12OS/c1-7(2)6-9(11)10-5-4-8(3)12-10/h4-5H,1,6H2,2-3H3. The summed E-state index contributed by atoms with van der Waals surface area (Å²) in [5.41, 5.74) is 0.922. The lowest BCUT2D eigenvalue weighted by molar-refractivity contribution is 0.0997. The van der Waals surface area contributed by atoms with Gasteiger partial charge in [-0.2, -0.15) is 0 Å². The van der Waals surface area contributed by atoms with Crippen molar-refractivity contribution >= 4 is 17.1 Å². The minimum absolute atomic E-state index is 0.181. The third-order valence-electron chi connectivity index (χ3n) is 1.48. The maximum Gasteiger partial charge on any atom is 0.176 e. The zero-order chi connectivity index (χ0) is 9.14. The number of carbonyl (C=O) groups is 1. The van der Waals surface area contributed by atoms with E-state index in [0.717, 1.165) is 10.5 Å². The highest BCUT2D eigenvalue weighted by molar-refractivity contribution is 7.14. The summed E-state index contributed by atoms with van der Waals surface area (Å²) in [5, 5.41) is 0. The third kappa shape index (κ3) is 2.31. The number of ketones is 1. The van der Waals surface area contributed by atoms with Crippen LogP contribution in [0.5, 0.6) is 0 Å². The monoisotopic (exact) mass is 180 g/mol. The Bertz CT molecular complexity index is 309. The van der Waals surface area contributed by atoms with Crippen LogP contribution in [0.3, 0.4) is 0 Å². The average Bonchev–Trinajstić information content (AvgIpc) is 2.34. The first-order valence-corrected chi connectivity index (χ1v) is 4.65. The molecule has 0 N–H and O–H groups in total.